The molecule has 3 aromatic heterocycles. The van der Waals surface area contributed by atoms with E-state index in [0.29, 0.717) is 49.2 Å². The van der Waals surface area contributed by atoms with Crippen LogP contribution >= 0.6 is 11.3 Å². The molecule has 0 unspecified atom stereocenters. The molecule has 0 spiro atoms. The van der Waals surface area contributed by atoms with E-state index < -0.39 is 6.09 Å². The number of fused-ring (bicyclic) bond motifs is 1. The minimum absolute atomic E-state index is 0.131. The fourth-order valence-electron chi connectivity index (χ4n) is 4.14. The van der Waals surface area contributed by atoms with E-state index in [2.05, 4.69) is 27.6 Å². The number of rotatable bonds is 6. The van der Waals surface area contributed by atoms with Crippen LogP contribution in [-0.2, 0) is 0 Å². The van der Waals surface area contributed by atoms with Gasteiger partial charge in [0.15, 0.2) is 5.82 Å². The lowest BCUT2D eigenvalue weighted by Gasteiger charge is -2.31. The lowest BCUT2D eigenvalue weighted by molar-refractivity contribution is 0.0700. The topological polar surface area (TPSA) is 125 Å². The van der Waals surface area contributed by atoms with E-state index in [4.69, 9.17) is 10.1 Å². The van der Waals surface area contributed by atoms with Crippen molar-refractivity contribution in [2.45, 2.75) is 44.7 Å². The average molecular weight is 456 g/mol. The van der Waals surface area contributed by atoms with Crippen molar-refractivity contribution in [2.75, 3.05) is 18.4 Å². The number of carbonyl (C=O) groups excluding carboxylic acids is 1. The molecule has 168 valence electrons. The van der Waals surface area contributed by atoms with Crippen molar-refractivity contribution in [3.05, 3.63) is 29.5 Å². The van der Waals surface area contributed by atoms with Gasteiger partial charge in [0, 0.05) is 42.8 Å². The SMILES string of the molecule is C[C@H](Nc1cc(C(=O)N2CCC(NC(=O)O)CC2)nc(-c2cnn3ccsc23)n1)C1CC1. The molecule has 0 radical (unpaired) electrons. The minimum atomic E-state index is -1.03. The number of carbonyl (C=O) groups is 2. The Morgan fingerprint density at radius 3 is 2.72 bits per heavy atom. The van der Waals surface area contributed by atoms with Crippen molar-refractivity contribution >= 4 is 34.0 Å². The Labute approximate surface area is 188 Å². The summed E-state index contributed by atoms with van der Waals surface area (Å²) in [6.45, 7) is 3.10. The van der Waals surface area contributed by atoms with Gasteiger partial charge in [-0.1, -0.05) is 0 Å². The van der Waals surface area contributed by atoms with Gasteiger partial charge in [-0.25, -0.2) is 19.3 Å². The zero-order valence-corrected chi connectivity index (χ0v) is 18.5. The van der Waals surface area contributed by atoms with Crippen molar-refractivity contribution in [2.24, 2.45) is 5.92 Å². The molecule has 1 aliphatic heterocycles. The average Bonchev–Trinajstić information content (AvgIpc) is 3.39. The molecule has 1 aliphatic carbocycles. The highest BCUT2D eigenvalue weighted by atomic mass is 32.1. The van der Waals surface area contributed by atoms with Crippen molar-refractivity contribution in [1.29, 1.82) is 0 Å². The monoisotopic (exact) mass is 455 g/mol. The molecule has 1 atom stereocenters. The number of aromatic nitrogens is 4. The summed E-state index contributed by atoms with van der Waals surface area (Å²) in [6, 6.07) is 1.86. The number of nitrogens with zero attached hydrogens (tertiary/aromatic N) is 5. The maximum Gasteiger partial charge on any atom is 0.404 e. The van der Waals surface area contributed by atoms with Gasteiger partial charge in [-0.15, -0.1) is 11.3 Å². The number of hydrogen-bond donors (Lipinski definition) is 3. The largest absolute Gasteiger partial charge is 0.465 e. The first-order valence-electron chi connectivity index (χ1n) is 10.8. The van der Waals surface area contributed by atoms with Gasteiger partial charge in [0.05, 0.1) is 11.8 Å². The Balaban J connectivity index is 1.42. The number of likely N-dealkylation sites (tertiary alicyclic amines) is 1. The predicted octanol–water partition coefficient (Wildman–Crippen LogP) is 2.94. The van der Waals surface area contributed by atoms with E-state index in [9.17, 15) is 9.59 Å². The third-order valence-electron chi connectivity index (χ3n) is 6.13. The highest BCUT2D eigenvalue weighted by Gasteiger charge is 2.30. The molecular weight excluding hydrogens is 430 g/mol. The molecule has 0 aromatic carbocycles. The summed E-state index contributed by atoms with van der Waals surface area (Å²) in [5.41, 5.74) is 1.13. The number of thiazole rings is 1. The summed E-state index contributed by atoms with van der Waals surface area (Å²) in [6.07, 6.45) is 6.15. The highest BCUT2D eigenvalue weighted by Crippen LogP contribution is 2.34. The van der Waals surface area contributed by atoms with Crippen LogP contribution in [0.15, 0.2) is 23.8 Å². The van der Waals surface area contributed by atoms with Crippen LogP contribution in [0.3, 0.4) is 0 Å². The van der Waals surface area contributed by atoms with Crippen LogP contribution < -0.4 is 10.6 Å². The summed E-state index contributed by atoms with van der Waals surface area (Å²) in [7, 11) is 0. The van der Waals surface area contributed by atoms with Crippen LogP contribution in [0.1, 0.15) is 43.1 Å². The molecule has 2 fully saturated rings. The smallest absolute Gasteiger partial charge is 0.404 e. The Kier molecular flexibility index (Phi) is 5.41. The summed E-state index contributed by atoms with van der Waals surface area (Å²) < 4.78 is 1.78. The minimum Gasteiger partial charge on any atom is -0.465 e. The van der Waals surface area contributed by atoms with Gasteiger partial charge in [-0.3, -0.25) is 4.79 Å². The van der Waals surface area contributed by atoms with Crippen LogP contribution in [0.25, 0.3) is 16.2 Å². The molecule has 4 heterocycles. The Morgan fingerprint density at radius 2 is 2.00 bits per heavy atom. The number of piperidine rings is 1. The van der Waals surface area contributed by atoms with Gasteiger partial charge < -0.3 is 20.6 Å². The second-order valence-corrected chi connectivity index (χ2v) is 9.35. The predicted molar refractivity (Wildman–Crippen MR) is 120 cm³/mol. The van der Waals surface area contributed by atoms with E-state index in [0.717, 1.165) is 10.4 Å². The number of carboxylic acid groups (broad SMARTS) is 1. The van der Waals surface area contributed by atoms with Gasteiger partial charge in [-0.2, -0.15) is 5.10 Å². The van der Waals surface area contributed by atoms with Gasteiger partial charge in [-0.05, 0) is 38.5 Å². The molecule has 1 saturated carbocycles. The Bertz CT molecular complexity index is 1150. The molecule has 11 heteroatoms. The molecule has 2 amide bonds. The van der Waals surface area contributed by atoms with Crippen molar-refractivity contribution in [1.82, 2.24) is 29.8 Å². The third kappa shape index (κ3) is 4.24. The molecular formula is C21H25N7O3S. The Hall–Kier alpha value is -3.21. The number of hydrogen-bond acceptors (Lipinski definition) is 7. The zero-order chi connectivity index (χ0) is 22.2. The molecule has 0 bridgehead atoms. The van der Waals surface area contributed by atoms with Crippen LogP contribution in [-0.4, -0.2) is 66.8 Å². The zero-order valence-electron chi connectivity index (χ0n) is 17.7. The first-order chi connectivity index (χ1) is 15.5. The molecule has 3 aromatic rings. The van der Waals surface area contributed by atoms with Crippen molar-refractivity contribution < 1.29 is 14.7 Å². The summed E-state index contributed by atoms with van der Waals surface area (Å²) in [5, 5.41) is 21.2. The molecule has 10 nitrogen and oxygen atoms in total. The van der Waals surface area contributed by atoms with Crippen LogP contribution in [0.4, 0.5) is 10.6 Å². The van der Waals surface area contributed by atoms with Gasteiger partial charge in [0.2, 0.25) is 0 Å². The van der Waals surface area contributed by atoms with Gasteiger partial charge in [0.1, 0.15) is 16.3 Å². The fraction of sp³-hybridized carbons (Fsp3) is 0.476. The summed E-state index contributed by atoms with van der Waals surface area (Å²) in [5.74, 6) is 1.57. The number of amides is 2. The van der Waals surface area contributed by atoms with E-state index >= 15 is 0 Å². The van der Waals surface area contributed by atoms with E-state index in [1.165, 1.54) is 12.8 Å². The van der Waals surface area contributed by atoms with Gasteiger partial charge in [0.25, 0.3) is 5.91 Å². The fourth-order valence-corrected chi connectivity index (χ4v) is 4.93. The number of nitrogens with one attached hydrogen (secondary N) is 2. The molecule has 5 rings (SSSR count). The van der Waals surface area contributed by atoms with Crippen LogP contribution in [0.2, 0.25) is 0 Å². The third-order valence-corrected chi connectivity index (χ3v) is 7.02. The quantitative estimate of drug-likeness (QED) is 0.522. The maximum atomic E-state index is 13.3. The molecule has 32 heavy (non-hydrogen) atoms. The molecule has 2 aliphatic rings. The normalized spacial score (nSPS) is 18.0. The maximum absolute atomic E-state index is 13.3. The first-order valence-corrected chi connectivity index (χ1v) is 11.7. The standard InChI is InChI=1S/C21H25N7O3S/c1-12(13-2-3-13)23-17-10-16(19(29)27-6-4-14(5-7-27)24-21(30)31)25-18(26-17)15-11-22-28-8-9-32-20(15)28/h8-14,24H,2-7H2,1H3,(H,30,31)(H,23,25,26)/t12-/m0/s1. The molecule has 1 saturated heterocycles. The second kappa shape index (κ2) is 8.38. The second-order valence-electron chi connectivity index (χ2n) is 8.46. The van der Waals surface area contributed by atoms with E-state index in [-0.39, 0.29) is 18.0 Å². The van der Waals surface area contributed by atoms with Gasteiger partial charge >= 0.3 is 6.09 Å². The molecule has 3 N–H and O–H groups in total. The van der Waals surface area contributed by atoms with Crippen molar-refractivity contribution in [3.63, 3.8) is 0 Å². The lowest BCUT2D eigenvalue weighted by atomic mass is 10.0. The van der Waals surface area contributed by atoms with Crippen LogP contribution in [0, 0.1) is 5.92 Å². The van der Waals surface area contributed by atoms with E-state index in [1.807, 2.05) is 11.6 Å². The van der Waals surface area contributed by atoms with Crippen LogP contribution in [0.5, 0.6) is 0 Å². The summed E-state index contributed by atoms with van der Waals surface area (Å²) >= 11 is 1.55. The van der Waals surface area contributed by atoms with Crippen molar-refractivity contribution in [3.8, 4) is 11.4 Å². The first kappa shape index (κ1) is 20.7. The lowest BCUT2D eigenvalue weighted by Crippen LogP contribution is -2.46. The summed E-state index contributed by atoms with van der Waals surface area (Å²) in [4.78, 5) is 36.2. The Morgan fingerprint density at radius 1 is 1.22 bits per heavy atom. The number of anilines is 1. The highest BCUT2D eigenvalue weighted by molar-refractivity contribution is 7.16. The van der Waals surface area contributed by atoms with E-state index in [1.54, 1.807) is 33.0 Å².